The second-order valence-electron chi connectivity index (χ2n) is 10.8. The lowest BCUT2D eigenvalue weighted by molar-refractivity contribution is -0.121. The number of anilines is 1. The van der Waals surface area contributed by atoms with Crippen LogP contribution in [0.4, 0.5) is 19.3 Å². The van der Waals surface area contributed by atoms with Crippen LogP contribution in [0.15, 0.2) is 30.3 Å². The van der Waals surface area contributed by atoms with E-state index >= 15 is 0 Å². The third-order valence-electron chi connectivity index (χ3n) is 5.68. The van der Waals surface area contributed by atoms with E-state index in [0.717, 1.165) is 23.3 Å². The molecule has 2 aromatic rings. The van der Waals surface area contributed by atoms with Gasteiger partial charge in [0, 0.05) is 24.5 Å². The van der Waals surface area contributed by atoms with Crippen molar-refractivity contribution in [2.45, 2.75) is 65.1 Å². The molecule has 190 valence electrons. The lowest BCUT2D eigenvalue weighted by Crippen LogP contribution is -2.47. The van der Waals surface area contributed by atoms with Crippen LogP contribution in [0.2, 0.25) is 19.6 Å². The highest BCUT2D eigenvalue weighted by atomic mass is 28.3. The summed E-state index contributed by atoms with van der Waals surface area (Å²) < 4.78 is 40.3. The maximum atomic E-state index is 14.8. The molecule has 0 fully saturated rings. The fraction of sp³-hybridized carbons (Fsp3) is 0.462. The third kappa shape index (κ3) is 6.27. The lowest BCUT2D eigenvalue weighted by Gasteiger charge is -2.37. The van der Waals surface area contributed by atoms with Gasteiger partial charge >= 0.3 is 6.09 Å². The molecule has 0 aliphatic carbocycles. The monoisotopic (exact) mass is 504 g/mol. The minimum Gasteiger partial charge on any atom is -0.444 e. The van der Waals surface area contributed by atoms with E-state index < -0.39 is 43.4 Å². The Morgan fingerprint density at radius 3 is 2.29 bits per heavy atom. The quantitative estimate of drug-likeness (QED) is 0.574. The number of hydrogen-bond donors (Lipinski definition) is 1. The van der Waals surface area contributed by atoms with Gasteiger partial charge in [-0.3, -0.25) is 9.69 Å². The summed E-state index contributed by atoms with van der Waals surface area (Å²) in [6, 6.07) is 6.83. The summed E-state index contributed by atoms with van der Waals surface area (Å²) >= 11 is 0. The standard InChI is InChI=1S/C26H34F2N2O4Si/c1-26(2,3)34-25(32)30-11-10-17-12-16(15-33-4)8-9-19(17)22(30)24(31)29-18-13-20(27)23(21(28)14-18)35(5,6)7/h8-9,12-14,22H,10-11,15H2,1-7H3,(H,29,31)/t22-/m1/s1. The molecule has 0 saturated heterocycles. The molecular formula is C26H34F2N2O4Si. The van der Waals surface area contributed by atoms with Crippen molar-refractivity contribution < 1.29 is 27.8 Å². The topological polar surface area (TPSA) is 67.9 Å². The molecule has 3 rings (SSSR count). The minimum absolute atomic E-state index is 0.000680. The number of benzene rings is 2. The summed E-state index contributed by atoms with van der Waals surface area (Å²) in [5.41, 5.74) is 1.74. The Morgan fingerprint density at radius 1 is 1.11 bits per heavy atom. The Kier molecular flexibility index (Phi) is 7.71. The first-order valence-electron chi connectivity index (χ1n) is 11.6. The zero-order valence-electron chi connectivity index (χ0n) is 21.4. The van der Waals surface area contributed by atoms with E-state index in [9.17, 15) is 18.4 Å². The van der Waals surface area contributed by atoms with Crippen molar-refractivity contribution in [1.82, 2.24) is 4.90 Å². The van der Waals surface area contributed by atoms with Gasteiger partial charge in [0.2, 0.25) is 0 Å². The average Bonchev–Trinajstić information content (AvgIpc) is 2.70. The second kappa shape index (κ2) is 10.1. The SMILES string of the molecule is COCc1ccc2c(c1)CCN(C(=O)OC(C)(C)C)[C@H]2C(=O)Nc1cc(F)c([Si](C)(C)C)c(F)c1. The van der Waals surface area contributed by atoms with Crippen LogP contribution in [0.25, 0.3) is 0 Å². The number of nitrogens with one attached hydrogen (secondary N) is 1. The minimum atomic E-state index is -2.27. The number of methoxy groups -OCH3 is 1. The van der Waals surface area contributed by atoms with Gasteiger partial charge in [0.15, 0.2) is 0 Å². The van der Waals surface area contributed by atoms with Crippen LogP contribution >= 0.6 is 0 Å². The predicted molar refractivity (Wildman–Crippen MR) is 135 cm³/mol. The molecule has 35 heavy (non-hydrogen) atoms. The zero-order chi connectivity index (χ0) is 26.1. The van der Waals surface area contributed by atoms with Crippen molar-refractivity contribution in [2.75, 3.05) is 19.0 Å². The molecule has 1 heterocycles. The Labute approximate surface area is 206 Å². The van der Waals surface area contributed by atoms with E-state index in [2.05, 4.69) is 5.32 Å². The Bertz CT molecular complexity index is 1100. The number of amides is 2. The highest BCUT2D eigenvalue weighted by molar-refractivity contribution is 6.88. The summed E-state index contributed by atoms with van der Waals surface area (Å²) in [6.45, 7) is 11.5. The van der Waals surface area contributed by atoms with Crippen molar-refractivity contribution in [3.05, 3.63) is 58.7 Å². The molecule has 0 aromatic heterocycles. The summed E-state index contributed by atoms with van der Waals surface area (Å²) in [5.74, 6) is -1.94. The molecule has 0 saturated carbocycles. The summed E-state index contributed by atoms with van der Waals surface area (Å²) in [6.07, 6.45) is -0.0972. The lowest BCUT2D eigenvalue weighted by atomic mass is 9.90. The molecule has 6 nitrogen and oxygen atoms in total. The molecule has 2 aromatic carbocycles. The smallest absolute Gasteiger partial charge is 0.411 e. The number of nitrogens with zero attached hydrogens (tertiary/aromatic N) is 1. The molecule has 0 bridgehead atoms. The first-order valence-corrected chi connectivity index (χ1v) is 15.1. The second-order valence-corrected chi connectivity index (χ2v) is 15.8. The summed E-state index contributed by atoms with van der Waals surface area (Å²) in [7, 11) is -0.666. The van der Waals surface area contributed by atoms with Gasteiger partial charge in [-0.1, -0.05) is 37.8 Å². The first-order chi connectivity index (χ1) is 16.2. The Balaban J connectivity index is 1.99. The van der Waals surface area contributed by atoms with E-state index in [1.54, 1.807) is 33.9 Å². The fourth-order valence-corrected chi connectivity index (χ4v) is 5.89. The van der Waals surface area contributed by atoms with Gasteiger partial charge in [0.25, 0.3) is 5.91 Å². The largest absolute Gasteiger partial charge is 0.444 e. The van der Waals surface area contributed by atoms with E-state index in [0.29, 0.717) is 18.6 Å². The Morgan fingerprint density at radius 2 is 1.74 bits per heavy atom. The van der Waals surface area contributed by atoms with Crippen LogP contribution in [0.1, 0.15) is 43.5 Å². The number of carbonyl (C=O) groups excluding carboxylic acids is 2. The molecule has 1 aliphatic heterocycles. The van der Waals surface area contributed by atoms with Crippen LogP contribution in [-0.4, -0.2) is 44.2 Å². The Hall–Kier alpha value is -2.78. The number of carbonyl (C=O) groups is 2. The van der Waals surface area contributed by atoms with E-state index in [4.69, 9.17) is 9.47 Å². The maximum absolute atomic E-state index is 14.8. The number of halogens is 2. The maximum Gasteiger partial charge on any atom is 0.411 e. The van der Waals surface area contributed by atoms with Crippen molar-refractivity contribution in [3.63, 3.8) is 0 Å². The third-order valence-corrected chi connectivity index (χ3v) is 7.66. The van der Waals surface area contributed by atoms with Crippen molar-refractivity contribution in [3.8, 4) is 0 Å². The summed E-state index contributed by atoms with van der Waals surface area (Å²) in [4.78, 5) is 27.9. The van der Waals surface area contributed by atoms with Gasteiger partial charge in [-0.2, -0.15) is 0 Å². The van der Waals surface area contributed by atoms with Crippen LogP contribution in [0.3, 0.4) is 0 Å². The van der Waals surface area contributed by atoms with Gasteiger partial charge in [-0.15, -0.1) is 0 Å². The van der Waals surface area contributed by atoms with Gasteiger partial charge in [-0.05, 0) is 56.0 Å². The van der Waals surface area contributed by atoms with E-state index in [1.807, 2.05) is 31.8 Å². The van der Waals surface area contributed by atoms with Crippen LogP contribution in [-0.2, 0) is 27.3 Å². The van der Waals surface area contributed by atoms with Crippen LogP contribution in [0.5, 0.6) is 0 Å². The highest BCUT2D eigenvalue weighted by Crippen LogP contribution is 2.33. The van der Waals surface area contributed by atoms with Gasteiger partial charge in [-0.25, -0.2) is 13.6 Å². The van der Waals surface area contributed by atoms with Crippen LogP contribution < -0.4 is 10.5 Å². The number of fused-ring (bicyclic) bond motifs is 1. The first kappa shape index (κ1) is 26.8. The number of rotatable bonds is 5. The van der Waals surface area contributed by atoms with Crippen molar-refractivity contribution in [2.24, 2.45) is 0 Å². The molecule has 2 amide bonds. The predicted octanol–water partition coefficient (Wildman–Crippen LogP) is 5.13. The summed E-state index contributed by atoms with van der Waals surface area (Å²) in [5, 5.41) is 2.71. The van der Waals surface area contributed by atoms with Crippen molar-refractivity contribution >= 4 is 30.9 Å². The van der Waals surface area contributed by atoms with Crippen molar-refractivity contribution in [1.29, 1.82) is 0 Å². The average molecular weight is 505 g/mol. The van der Waals surface area contributed by atoms with Gasteiger partial charge in [0.1, 0.15) is 23.3 Å². The molecule has 0 radical (unpaired) electrons. The zero-order valence-corrected chi connectivity index (χ0v) is 22.4. The van der Waals surface area contributed by atoms with E-state index in [1.165, 1.54) is 4.90 Å². The molecule has 1 N–H and O–H groups in total. The van der Waals surface area contributed by atoms with Gasteiger partial charge < -0.3 is 14.8 Å². The van der Waals surface area contributed by atoms with E-state index in [-0.39, 0.29) is 17.4 Å². The normalized spacial score (nSPS) is 16.0. The van der Waals surface area contributed by atoms with Crippen LogP contribution in [0, 0.1) is 11.6 Å². The number of hydrogen-bond acceptors (Lipinski definition) is 4. The molecule has 0 unspecified atom stereocenters. The molecular weight excluding hydrogens is 470 g/mol. The number of ether oxygens (including phenoxy) is 2. The molecule has 1 aliphatic rings. The molecule has 0 spiro atoms. The highest BCUT2D eigenvalue weighted by Gasteiger charge is 2.38. The molecule has 9 heteroatoms. The van der Waals surface area contributed by atoms with Gasteiger partial charge in [0.05, 0.1) is 14.7 Å². The fourth-order valence-electron chi connectivity index (χ4n) is 4.31. The molecule has 1 atom stereocenters.